The maximum atomic E-state index is 6.06. The molecule has 1 N–H and O–H groups in total. The Labute approximate surface area is 123 Å². The van der Waals surface area contributed by atoms with E-state index in [9.17, 15) is 0 Å². The van der Waals surface area contributed by atoms with Crippen LogP contribution in [0.2, 0.25) is 5.02 Å². The zero-order valence-corrected chi connectivity index (χ0v) is 13.6. The molecule has 1 nitrogen and oxygen atoms in total. The molecule has 1 aromatic rings. The van der Waals surface area contributed by atoms with E-state index in [4.69, 9.17) is 11.6 Å². The summed E-state index contributed by atoms with van der Waals surface area (Å²) in [6.45, 7) is 7.08. The van der Waals surface area contributed by atoms with E-state index in [1.54, 1.807) is 0 Å². The Morgan fingerprint density at radius 3 is 2.72 bits per heavy atom. The van der Waals surface area contributed by atoms with Gasteiger partial charge < -0.3 is 5.32 Å². The van der Waals surface area contributed by atoms with Gasteiger partial charge in [-0.15, -0.1) is 0 Å². The highest BCUT2D eigenvalue weighted by atomic mass is 79.9. The predicted octanol–water partition coefficient (Wildman–Crippen LogP) is 5.73. The molecule has 2 atom stereocenters. The third-order valence-electron chi connectivity index (χ3n) is 3.67. The Morgan fingerprint density at radius 1 is 1.33 bits per heavy atom. The van der Waals surface area contributed by atoms with Gasteiger partial charge in [-0.1, -0.05) is 32.4 Å². The Morgan fingerprint density at radius 2 is 2.06 bits per heavy atom. The molecule has 0 amide bonds. The van der Waals surface area contributed by atoms with E-state index >= 15 is 0 Å². The predicted molar refractivity (Wildman–Crippen MR) is 83.4 cm³/mol. The van der Waals surface area contributed by atoms with Gasteiger partial charge in [0.15, 0.2) is 0 Å². The van der Waals surface area contributed by atoms with Crippen LogP contribution in [-0.4, -0.2) is 6.04 Å². The summed E-state index contributed by atoms with van der Waals surface area (Å²) in [6.07, 6.45) is 3.78. The maximum absolute atomic E-state index is 6.06. The molecular weight excluding hydrogens is 310 g/mol. The molecule has 0 saturated heterocycles. The Bertz CT molecular complexity index is 431. The fourth-order valence-electron chi connectivity index (χ4n) is 3.28. The molecule has 0 heterocycles. The average Bonchev–Trinajstić information content (AvgIpc) is 2.20. The molecule has 1 fully saturated rings. The summed E-state index contributed by atoms with van der Waals surface area (Å²) in [5, 5.41) is 4.43. The molecule has 100 valence electrons. The van der Waals surface area contributed by atoms with Crippen molar-refractivity contribution < 1.29 is 0 Å². The molecule has 3 heteroatoms. The number of hydrogen-bond acceptors (Lipinski definition) is 1. The van der Waals surface area contributed by atoms with Crippen molar-refractivity contribution in [1.29, 1.82) is 0 Å². The van der Waals surface area contributed by atoms with E-state index in [0.29, 0.717) is 11.5 Å². The second-order valence-corrected chi connectivity index (χ2v) is 7.67. The van der Waals surface area contributed by atoms with E-state index in [-0.39, 0.29) is 0 Å². The van der Waals surface area contributed by atoms with E-state index in [0.717, 1.165) is 21.1 Å². The van der Waals surface area contributed by atoms with Crippen LogP contribution in [0.4, 0.5) is 5.69 Å². The number of benzene rings is 1. The van der Waals surface area contributed by atoms with Gasteiger partial charge >= 0.3 is 0 Å². The van der Waals surface area contributed by atoms with Crippen LogP contribution in [0.25, 0.3) is 0 Å². The van der Waals surface area contributed by atoms with Crippen molar-refractivity contribution in [2.24, 2.45) is 11.3 Å². The van der Waals surface area contributed by atoms with Crippen molar-refractivity contribution in [3.63, 3.8) is 0 Å². The van der Waals surface area contributed by atoms with Crippen molar-refractivity contribution in [2.45, 2.75) is 46.1 Å². The van der Waals surface area contributed by atoms with E-state index in [1.165, 1.54) is 19.3 Å². The molecule has 1 aliphatic carbocycles. The summed E-state index contributed by atoms with van der Waals surface area (Å²) in [4.78, 5) is 0. The van der Waals surface area contributed by atoms with Crippen molar-refractivity contribution >= 4 is 33.2 Å². The van der Waals surface area contributed by atoms with Gasteiger partial charge in [-0.25, -0.2) is 0 Å². The van der Waals surface area contributed by atoms with Crippen LogP contribution in [0, 0.1) is 11.3 Å². The van der Waals surface area contributed by atoms with Gasteiger partial charge in [-0.05, 0) is 64.7 Å². The summed E-state index contributed by atoms with van der Waals surface area (Å²) >= 11 is 9.64. The molecule has 18 heavy (non-hydrogen) atoms. The summed E-state index contributed by atoms with van der Waals surface area (Å²) in [5.41, 5.74) is 1.54. The van der Waals surface area contributed by atoms with Crippen LogP contribution in [0.1, 0.15) is 40.0 Å². The highest BCUT2D eigenvalue weighted by Gasteiger charge is 2.32. The molecule has 1 aliphatic rings. The summed E-state index contributed by atoms with van der Waals surface area (Å²) < 4.78 is 1.09. The summed E-state index contributed by atoms with van der Waals surface area (Å²) in [7, 11) is 0. The van der Waals surface area contributed by atoms with Crippen LogP contribution in [-0.2, 0) is 0 Å². The third-order valence-corrected chi connectivity index (χ3v) is 4.60. The smallest absolute Gasteiger partial charge is 0.0501 e. The zero-order chi connectivity index (χ0) is 13.3. The van der Waals surface area contributed by atoms with Gasteiger partial charge in [0.25, 0.3) is 0 Å². The monoisotopic (exact) mass is 329 g/mol. The van der Waals surface area contributed by atoms with Gasteiger partial charge in [0.2, 0.25) is 0 Å². The van der Waals surface area contributed by atoms with Crippen molar-refractivity contribution in [1.82, 2.24) is 0 Å². The first kappa shape index (κ1) is 14.2. The Balaban J connectivity index is 2.11. The average molecular weight is 331 g/mol. The van der Waals surface area contributed by atoms with E-state index in [1.807, 2.05) is 18.2 Å². The molecule has 0 bridgehead atoms. The second kappa shape index (κ2) is 5.42. The second-order valence-electron chi connectivity index (χ2n) is 6.38. The third kappa shape index (κ3) is 3.64. The SMILES string of the molecule is CC1CC(Nc2cc(Cl)ccc2Br)CC(C)(C)C1. The Hall–Kier alpha value is -0.210. The minimum atomic E-state index is 0.431. The molecule has 0 aliphatic heterocycles. The highest BCUT2D eigenvalue weighted by molar-refractivity contribution is 9.10. The van der Waals surface area contributed by atoms with Crippen molar-refractivity contribution in [3.8, 4) is 0 Å². The normalized spacial score (nSPS) is 26.9. The number of anilines is 1. The minimum absolute atomic E-state index is 0.431. The van der Waals surface area contributed by atoms with Crippen LogP contribution in [0.15, 0.2) is 22.7 Å². The van der Waals surface area contributed by atoms with Crippen LogP contribution >= 0.6 is 27.5 Å². The van der Waals surface area contributed by atoms with Crippen molar-refractivity contribution in [3.05, 3.63) is 27.7 Å². The minimum Gasteiger partial charge on any atom is -0.381 e. The molecule has 0 aromatic heterocycles. The van der Waals surface area contributed by atoms with Gasteiger partial charge in [-0.3, -0.25) is 0 Å². The van der Waals surface area contributed by atoms with Crippen molar-refractivity contribution in [2.75, 3.05) is 5.32 Å². The van der Waals surface area contributed by atoms with Crippen LogP contribution < -0.4 is 5.32 Å². The summed E-state index contributed by atoms with van der Waals surface area (Å²) in [6, 6.07) is 6.45. The molecule has 0 spiro atoms. The maximum Gasteiger partial charge on any atom is 0.0501 e. The lowest BCUT2D eigenvalue weighted by Crippen LogP contribution is -2.35. The molecule has 1 aromatic carbocycles. The lowest BCUT2D eigenvalue weighted by atomic mass is 9.70. The lowest BCUT2D eigenvalue weighted by Gasteiger charge is -2.39. The van der Waals surface area contributed by atoms with E-state index in [2.05, 4.69) is 42.0 Å². The number of halogens is 2. The fraction of sp³-hybridized carbons (Fsp3) is 0.600. The van der Waals surface area contributed by atoms with Gasteiger partial charge in [-0.2, -0.15) is 0 Å². The Kier molecular flexibility index (Phi) is 4.28. The number of rotatable bonds is 2. The molecule has 0 radical (unpaired) electrons. The number of nitrogens with one attached hydrogen (secondary N) is 1. The quantitative estimate of drug-likeness (QED) is 0.730. The van der Waals surface area contributed by atoms with Gasteiger partial charge in [0.05, 0.1) is 5.69 Å². The molecular formula is C15H21BrClN. The fourth-order valence-corrected chi connectivity index (χ4v) is 3.82. The largest absolute Gasteiger partial charge is 0.381 e. The standard InChI is InChI=1S/C15H21BrClN/c1-10-6-12(9-15(2,3)8-10)18-14-7-11(17)4-5-13(14)16/h4-5,7,10,12,18H,6,8-9H2,1-3H3. The highest BCUT2D eigenvalue weighted by Crippen LogP contribution is 2.40. The van der Waals surface area contributed by atoms with Crippen LogP contribution in [0.3, 0.4) is 0 Å². The number of hydrogen-bond donors (Lipinski definition) is 1. The van der Waals surface area contributed by atoms with E-state index < -0.39 is 0 Å². The molecule has 1 saturated carbocycles. The topological polar surface area (TPSA) is 12.0 Å². The molecule has 2 rings (SSSR count). The summed E-state index contributed by atoms with van der Waals surface area (Å²) in [5.74, 6) is 0.782. The lowest BCUT2D eigenvalue weighted by molar-refractivity contribution is 0.178. The molecule has 2 unspecified atom stereocenters. The van der Waals surface area contributed by atoms with Gasteiger partial charge in [0, 0.05) is 15.5 Å². The first-order chi connectivity index (χ1) is 8.35. The van der Waals surface area contributed by atoms with Gasteiger partial charge in [0.1, 0.15) is 0 Å². The zero-order valence-electron chi connectivity index (χ0n) is 11.3. The first-order valence-electron chi connectivity index (χ1n) is 6.57. The van der Waals surface area contributed by atoms with Crippen LogP contribution in [0.5, 0.6) is 0 Å². The first-order valence-corrected chi connectivity index (χ1v) is 7.74.